The normalized spacial score (nSPS) is 27.3. The fourth-order valence-electron chi connectivity index (χ4n) is 1.02. The molecule has 1 aliphatic carbocycles. The molecule has 2 unspecified atom stereocenters. The highest BCUT2D eigenvalue weighted by molar-refractivity contribution is 5.18. The van der Waals surface area contributed by atoms with Crippen molar-refractivity contribution >= 4 is 0 Å². The maximum absolute atomic E-state index is 10.3. The molecule has 0 heterocycles. The maximum atomic E-state index is 10.3. The molecule has 0 N–H and O–H groups in total. The molecule has 1 rings (SSSR count). The van der Waals surface area contributed by atoms with Gasteiger partial charge in [-0.1, -0.05) is 27.4 Å². The Kier molecular flexibility index (Phi) is 3.67. The van der Waals surface area contributed by atoms with Gasteiger partial charge in [-0.3, -0.25) is 10.1 Å². The molecule has 1 aliphatic rings. The van der Waals surface area contributed by atoms with Gasteiger partial charge in [0.1, 0.15) is 0 Å². The van der Waals surface area contributed by atoms with E-state index in [9.17, 15) is 10.1 Å². The fraction of sp³-hybridized carbons (Fsp3) is 0.556. The number of hydrogen-bond acceptors (Lipinski definition) is 2. The lowest BCUT2D eigenvalue weighted by Crippen LogP contribution is -2.10. The molecule has 0 amide bonds. The number of nitro groups is 1. The first-order valence-corrected chi connectivity index (χ1v) is 3.65. The zero-order valence-electron chi connectivity index (χ0n) is 6.65. The van der Waals surface area contributed by atoms with Crippen LogP contribution in [0.25, 0.3) is 0 Å². The first kappa shape index (κ1) is 10.9. The average Bonchev–Trinajstić information content (AvgIpc) is 1.94. The molecule has 3 heteroatoms. The molecule has 0 saturated heterocycles. The molecule has 0 bridgehead atoms. The molecule has 68 valence electrons. The van der Waals surface area contributed by atoms with Gasteiger partial charge < -0.3 is 0 Å². The Morgan fingerprint density at radius 3 is 2.42 bits per heavy atom. The van der Waals surface area contributed by atoms with Crippen LogP contribution in [0.4, 0.5) is 0 Å². The van der Waals surface area contributed by atoms with E-state index in [1.54, 1.807) is 12.2 Å². The summed E-state index contributed by atoms with van der Waals surface area (Å²) in [6.45, 7) is 4.03. The van der Waals surface area contributed by atoms with Crippen LogP contribution in [0.15, 0.2) is 23.9 Å². The molecule has 12 heavy (non-hydrogen) atoms. The summed E-state index contributed by atoms with van der Waals surface area (Å²) < 4.78 is 0. The Bertz CT molecular complexity index is 231. The highest BCUT2D eigenvalue weighted by Gasteiger charge is 2.17. The van der Waals surface area contributed by atoms with E-state index in [1.165, 1.54) is 0 Å². The first-order chi connectivity index (χ1) is 5.11. The summed E-state index contributed by atoms with van der Waals surface area (Å²) >= 11 is 0. The van der Waals surface area contributed by atoms with Crippen LogP contribution >= 0.6 is 0 Å². The highest BCUT2D eigenvalue weighted by Crippen LogP contribution is 2.21. The minimum absolute atomic E-state index is 0. The molecule has 0 spiro atoms. The first-order valence-electron chi connectivity index (χ1n) is 3.65. The van der Waals surface area contributed by atoms with E-state index in [0.717, 1.165) is 0 Å². The fourth-order valence-corrected chi connectivity index (χ4v) is 1.02. The van der Waals surface area contributed by atoms with Gasteiger partial charge in [0.15, 0.2) is 0 Å². The van der Waals surface area contributed by atoms with E-state index < -0.39 is 0 Å². The molecule has 0 aromatic carbocycles. The summed E-state index contributed by atoms with van der Waals surface area (Å²) in [7, 11) is 0. The second-order valence-electron chi connectivity index (χ2n) is 2.93. The van der Waals surface area contributed by atoms with Crippen LogP contribution in [0.1, 0.15) is 21.3 Å². The van der Waals surface area contributed by atoms with Gasteiger partial charge in [-0.05, 0) is 17.9 Å². The topological polar surface area (TPSA) is 43.1 Å². The summed E-state index contributed by atoms with van der Waals surface area (Å²) in [4.78, 5) is 9.94. The lowest BCUT2D eigenvalue weighted by Gasteiger charge is -2.14. The van der Waals surface area contributed by atoms with E-state index in [0.29, 0.717) is 5.92 Å². The predicted octanol–water partition coefficient (Wildman–Crippen LogP) is 2.63. The van der Waals surface area contributed by atoms with Crippen molar-refractivity contribution in [3.05, 3.63) is 34.0 Å². The Balaban J connectivity index is 0.00000121. The smallest absolute Gasteiger partial charge is 0.258 e. The number of hydrogen-bond donors (Lipinski definition) is 0. The molecule has 0 saturated carbocycles. The molecule has 3 nitrogen and oxygen atoms in total. The summed E-state index contributed by atoms with van der Waals surface area (Å²) in [6.07, 6.45) is 5.15. The Morgan fingerprint density at radius 1 is 1.42 bits per heavy atom. The molecular weight excluding hydrogens is 154 g/mol. The third kappa shape index (κ3) is 2.19. The van der Waals surface area contributed by atoms with Gasteiger partial charge in [-0.15, -0.1) is 0 Å². The molecular formula is C9H15NO2. The van der Waals surface area contributed by atoms with Crippen molar-refractivity contribution in [1.29, 1.82) is 0 Å². The van der Waals surface area contributed by atoms with Crippen LogP contribution in [-0.4, -0.2) is 4.92 Å². The molecule has 0 fully saturated rings. The largest absolute Gasteiger partial charge is 0.265 e. The third-order valence-corrected chi connectivity index (χ3v) is 2.04. The van der Waals surface area contributed by atoms with E-state index in [2.05, 4.69) is 0 Å². The van der Waals surface area contributed by atoms with Gasteiger partial charge in [0.25, 0.3) is 5.70 Å². The predicted molar refractivity (Wildman–Crippen MR) is 49.3 cm³/mol. The van der Waals surface area contributed by atoms with Crippen molar-refractivity contribution in [3.8, 4) is 0 Å². The van der Waals surface area contributed by atoms with E-state index in [4.69, 9.17) is 0 Å². The van der Waals surface area contributed by atoms with Gasteiger partial charge in [-0.2, -0.15) is 0 Å². The standard InChI is InChI=1S/C8H11NO2.CH4/c1-6-3-4-8(9(10)11)5-7(6)2;/h3-7H,1-2H3;1H4. The van der Waals surface area contributed by atoms with Crippen molar-refractivity contribution in [3.63, 3.8) is 0 Å². The van der Waals surface area contributed by atoms with Crippen molar-refractivity contribution < 1.29 is 4.92 Å². The van der Waals surface area contributed by atoms with E-state index >= 15 is 0 Å². The van der Waals surface area contributed by atoms with Crippen molar-refractivity contribution in [1.82, 2.24) is 0 Å². The Labute approximate surface area is 72.9 Å². The van der Waals surface area contributed by atoms with E-state index in [1.807, 2.05) is 19.9 Å². The van der Waals surface area contributed by atoms with Crippen molar-refractivity contribution in [2.75, 3.05) is 0 Å². The van der Waals surface area contributed by atoms with Crippen molar-refractivity contribution in [2.45, 2.75) is 21.3 Å². The minimum Gasteiger partial charge on any atom is -0.258 e. The second-order valence-corrected chi connectivity index (χ2v) is 2.93. The SMILES string of the molecule is C.CC1C=CC([N+](=O)[O-])=CC1C. The van der Waals surface area contributed by atoms with Crippen LogP contribution < -0.4 is 0 Å². The van der Waals surface area contributed by atoms with Crippen LogP contribution in [0.2, 0.25) is 0 Å². The lowest BCUT2D eigenvalue weighted by atomic mass is 9.91. The van der Waals surface area contributed by atoms with Crippen molar-refractivity contribution in [2.24, 2.45) is 11.8 Å². The second kappa shape index (κ2) is 4.04. The van der Waals surface area contributed by atoms with Crippen LogP contribution in [0, 0.1) is 22.0 Å². The molecule has 0 radical (unpaired) electrons. The summed E-state index contributed by atoms with van der Waals surface area (Å²) in [6, 6.07) is 0. The maximum Gasteiger partial charge on any atom is 0.265 e. The minimum atomic E-state index is -0.348. The molecule has 0 aliphatic heterocycles. The average molecular weight is 169 g/mol. The molecule has 0 aromatic heterocycles. The summed E-state index contributed by atoms with van der Waals surface area (Å²) in [5.74, 6) is 0.694. The van der Waals surface area contributed by atoms with Crippen LogP contribution in [-0.2, 0) is 0 Å². The molecule has 0 aromatic rings. The lowest BCUT2D eigenvalue weighted by molar-refractivity contribution is -0.419. The highest BCUT2D eigenvalue weighted by atomic mass is 16.6. The zero-order chi connectivity index (χ0) is 8.43. The number of nitrogens with zero attached hydrogens (tertiary/aromatic N) is 1. The Hall–Kier alpha value is -1.12. The summed E-state index contributed by atoms with van der Waals surface area (Å²) in [5.41, 5.74) is 0.218. The van der Waals surface area contributed by atoms with Gasteiger partial charge in [-0.25, -0.2) is 0 Å². The van der Waals surface area contributed by atoms with Gasteiger partial charge in [0, 0.05) is 6.08 Å². The van der Waals surface area contributed by atoms with Gasteiger partial charge >= 0.3 is 0 Å². The summed E-state index contributed by atoms with van der Waals surface area (Å²) in [5, 5.41) is 10.3. The monoisotopic (exact) mass is 169 g/mol. The Morgan fingerprint density at radius 2 is 2.00 bits per heavy atom. The van der Waals surface area contributed by atoms with Crippen LogP contribution in [0.5, 0.6) is 0 Å². The molecule has 2 atom stereocenters. The van der Waals surface area contributed by atoms with Crippen LogP contribution in [0.3, 0.4) is 0 Å². The van der Waals surface area contributed by atoms with Gasteiger partial charge in [0.2, 0.25) is 0 Å². The third-order valence-electron chi connectivity index (χ3n) is 2.04. The zero-order valence-corrected chi connectivity index (χ0v) is 6.65. The van der Waals surface area contributed by atoms with Gasteiger partial charge in [0.05, 0.1) is 4.92 Å². The quantitative estimate of drug-likeness (QED) is 0.447. The number of allylic oxidation sites excluding steroid dienone is 3. The number of rotatable bonds is 1. The van der Waals surface area contributed by atoms with E-state index in [-0.39, 0.29) is 24.0 Å².